The van der Waals surface area contributed by atoms with Crippen LogP contribution in [0.5, 0.6) is 0 Å². The van der Waals surface area contributed by atoms with Gasteiger partial charge in [-0.1, -0.05) is 24.9 Å². The number of hydrogen-bond donors (Lipinski definition) is 1. The lowest BCUT2D eigenvalue weighted by Crippen LogP contribution is -2.16. The van der Waals surface area contributed by atoms with Crippen molar-refractivity contribution in [3.63, 3.8) is 0 Å². The molecule has 86 valence electrons. The predicted octanol–water partition coefficient (Wildman–Crippen LogP) is 3.33. The summed E-state index contributed by atoms with van der Waals surface area (Å²) < 4.78 is 0. The zero-order valence-corrected chi connectivity index (χ0v) is 9.52. The van der Waals surface area contributed by atoms with Crippen molar-refractivity contribution < 1.29 is 9.90 Å². The second kappa shape index (κ2) is 8.38. The highest BCUT2D eigenvalue weighted by atomic mass is 35.5. The maximum Gasteiger partial charge on any atom is 0.312 e. The molecule has 15 heavy (non-hydrogen) atoms. The molecule has 0 aliphatic rings. The summed E-state index contributed by atoms with van der Waals surface area (Å²) in [7, 11) is 0. The van der Waals surface area contributed by atoms with Crippen LogP contribution in [0.1, 0.15) is 39.0 Å². The fourth-order valence-electron chi connectivity index (χ4n) is 1.20. The molecule has 0 aromatic rings. The molecule has 0 saturated heterocycles. The van der Waals surface area contributed by atoms with E-state index in [1.54, 1.807) is 0 Å². The number of carboxylic acid groups (broad SMARTS) is 1. The van der Waals surface area contributed by atoms with Gasteiger partial charge >= 0.3 is 5.97 Å². The van der Waals surface area contributed by atoms with E-state index in [2.05, 4.69) is 10.0 Å². The highest BCUT2D eigenvalue weighted by Gasteiger charge is 2.14. The molecule has 6 heteroatoms. The van der Waals surface area contributed by atoms with Crippen LogP contribution in [0.15, 0.2) is 5.11 Å². The van der Waals surface area contributed by atoms with Crippen molar-refractivity contribution in [3.05, 3.63) is 10.4 Å². The molecule has 0 fully saturated rings. The monoisotopic (exact) mass is 233 g/mol. The molecular weight excluding hydrogens is 218 g/mol. The molecule has 0 aromatic carbocycles. The summed E-state index contributed by atoms with van der Waals surface area (Å²) in [4.78, 5) is 13.1. The van der Waals surface area contributed by atoms with Crippen molar-refractivity contribution in [2.45, 2.75) is 50.4 Å². The molecule has 0 amide bonds. The Balaban J connectivity index is 3.72. The Labute approximate surface area is 94.1 Å². The van der Waals surface area contributed by atoms with E-state index in [4.69, 9.17) is 22.2 Å². The second-order valence-electron chi connectivity index (χ2n) is 3.35. The van der Waals surface area contributed by atoms with Gasteiger partial charge in [-0.15, -0.1) is 11.6 Å². The van der Waals surface area contributed by atoms with Crippen molar-refractivity contribution in [2.24, 2.45) is 5.11 Å². The number of azide groups is 1. The zero-order valence-electron chi connectivity index (χ0n) is 8.77. The Morgan fingerprint density at radius 2 is 2.13 bits per heavy atom. The smallest absolute Gasteiger partial charge is 0.312 e. The topological polar surface area (TPSA) is 86.1 Å². The quantitative estimate of drug-likeness (QED) is 0.229. The highest BCUT2D eigenvalue weighted by molar-refractivity contribution is 6.20. The highest BCUT2D eigenvalue weighted by Crippen LogP contribution is 2.14. The zero-order chi connectivity index (χ0) is 11.7. The number of nitrogens with zero attached hydrogens (tertiary/aromatic N) is 3. The lowest BCUT2D eigenvalue weighted by atomic mass is 10.1. The molecule has 2 unspecified atom stereocenters. The Morgan fingerprint density at radius 1 is 1.53 bits per heavy atom. The molecule has 0 bridgehead atoms. The van der Waals surface area contributed by atoms with Gasteiger partial charge in [-0.2, -0.15) is 0 Å². The summed E-state index contributed by atoms with van der Waals surface area (Å²) in [5, 5.41) is 12.0. The van der Waals surface area contributed by atoms with Crippen molar-refractivity contribution in [2.75, 3.05) is 0 Å². The number of aliphatic carboxylic acids is 1. The number of rotatable bonds is 8. The fourth-order valence-corrected chi connectivity index (χ4v) is 1.35. The van der Waals surface area contributed by atoms with E-state index in [-0.39, 0.29) is 5.38 Å². The van der Waals surface area contributed by atoms with Crippen LogP contribution >= 0.6 is 11.6 Å². The van der Waals surface area contributed by atoms with Crippen LogP contribution in [0.25, 0.3) is 10.4 Å². The molecule has 2 atom stereocenters. The average molecular weight is 234 g/mol. The van der Waals surface area contributed by atoms with Crippen LogP contribution in [0.3, 0.4) is 0 Å². The first-order valence-corrected chi connectivity index (χ1v) is 5.46. The lowest BCUT2D eigenvalue weighted by Gasteiger charge is -2.07. The number of halogens is 1. The Morgan fingerprint density at radius 3 is 2.60 bits per heavy atom. The van der Waals surface area contributed by atoms with E-state index in [1.807, 2.05) is 6.92 Å². The van der Waals surface area contributed by atoms with Gasteiger partial charge in [-0.3, -0.25) is 4.79 Å². The number of alkyl halides is 1. The molecule has 1 N–H and O–H groups in total. The van der Waals surface area contributed by atoms with E-state index in [0.717, 1.165) is 25.7 Å². The maximum absolute atomic E-state index is 10.6. The van der Waals surface area contributed by atoms with Crippen LogP contribution in [0.2, 0.25) is 0 Å². The van der Waals surface area contributed by atoms with Crippen LogP contribution in [0.4, 0.5) is 0 Å². The van der Waals surface area contributed by atoms with Crippen molar-refractivity contribution >= 4 is 17.6 Å². The average Bonchev–Trinajstić information content (AvgIpc) is 2.21. The molecule has 0 aromatic heterocycles. The molecular formula is C9H16ClN3O2. The summed E-state index contributed by atoms with van der Waals surface area (Å²) in [6.07, 6.45) is 3.76. The SMILES string of the molecule is CCC(Cl)CCCCC(N=[N+]=[N-])C(=O)O. The minimum absolute atomic E-state index is 0.160. The third-order valence-corrected chi connectivity index (χ3v) is 2.69. The first-order chi connectivity index (χ1) is 7.11. The Bertz CT molecular complexity index is 240. The van der Waals surface area contributed by atoms with E-state index in [0.29, 0.717) is 6.42 Å². The largest absolute Gasteiger partial charge is 0.481 e. The standard InChI is InChI=1S/C9H16ClN3O2/c1-2-7(10)5-3-4-6-8(9(14)15)12-13-11/h7-8H,2-6H2,1H3,(H,14,15). The first-order valence-electron chi connectivity index (χ1n) is 5.02. The third kappa shape index (κ3) is 7.05. The minimum atomic E-state index is -1.06. The van der Waals surface area contributed by atoms with Crippen molar-refractivity contribution in [1.82, 2.24) is 0 Å². The molecule has 0 spiro atoms. The summed E-state index contributed by atoms with van der Waals surface area (Å²) in [5.41, 5.74) is 8.14. The summed E-state index contributed by atoms with van der Waals surface area (Å²) in [6.45, 7) is 2.01. The van der Waals surface area contributed by atoms with Gasteiger partial charge in [0, 0.05) is 10.3 Å². The molecule has 0 aliphatic heterocycles. The van der Waals surface area contributed by atoms with Crippen LogP contribution in [-0.2, 0) is 4.79 Å². The van der Waals surface area contributed by atoms with Crippen LogP contribution in [0, 0.1) is 0 Å². The Kier molecular flexibility index (Phi) is 7.86. The third-order valence-electron chi connectivity index (χ3n) is 2.16. The fraction of sp³-hybridized carbons (Fsp3) is 0.889. The van der Waals surface area contributed by atoms with Gasteiger partial charge < -0.3 is 5.11 Å². The van der Waals surface area contributed by atoms with Gasteiger partial charge in [0.15, 0.2) is 0 Å². The molecule has 0 rings (SSSR count). The number of hydrogen-bond acceptors (Lipinski definition) is 2. The first kappa shape index (κ1) is 14.1. The van der Waals surface area contributed by atoms with Gasteiger partial charge in [0.2, 0.25) is 0 Å². The maximum atomic E-state index is 10.6. The normalized spacial score (nSPS) is 14.0. The summed E-state index contributed by atoms with van der Waals surface area (Å²) in [5.74, 6) is -1.06. The van der Waals surface area contributed by atoms with Gasteiger partial charge in [0.25, 0.3) is 0 Å². The molecule has 0 aliphatic carbocycles. The second-order valence-corrected chi connectivity index (χ2v) is 3.97. The van der Waals surface area contributed by atoms with E-state index >= 15 is 0 Å². The van der Waals surface area contributed by atoms with Crippen LogP contribution < -0.4 is 0 Å². The minimum Gasteiger partial charge on any atom is -0.481 e. The summed E-state index contributed by atoms with van der Waals surface area (Å²) in [6, 6.07) is -0.939. The molecule has 5 nitrogen and oxygen atoms in total. The molecule has 0 heterocycles. The Hall–Kier alpha value is -0.930. The summed E-state index contributed by atoms with van der Waals surface area (Å²) >= 11 is 5.91. The van der Waals surface area contributed by atoms with Gasteiger partial charge in [0.1, 0.15) is 6.04 Å². The van der Waals surface area contributed by atoms with E-state index in [1.165, 1.54) is 0 Å². The van der Waals surface area contributed by atoms with Gasteiger partial charge in [-0.05, 0) is 24.8 Å². The number of unbranched alkanes of at least 4 members (excludes halogenated alkanes) is 1. The van der Waals surface area contributed by atoms with Crippen LogP contribution in [-0.4, -0.2) is 22.5 Å². The predicted molar refractivity (Wildman–Crippen MR) is 59.0 cm³/mol. The lowest BCUT2D eigenvalue weighted by molar-refractivity contribution is -0.138. The van der Waals surface area contributed by atoms with Gasteiger partial charge in [-0.25, -0.2) is 0 Å². The van der Waals surface area contributed by atoms with E-state index in [9.17, 15) is 4.79 Å². The number of carboxylic acids is 1. The van der Waals surface area contributed by atoms with E-state index < -0.39 is 12.0 Å². The van der Waals surface area contributed by atoms with Gasteiger partial charge in [0.05, 0.1) is 0 Å². The molecule has 0 saturated carbocycles. The van der Waals surface area contributed by atoms with Crippen molar-refractivity contribution in [1.29, 1.82) is 0 Å². The number of carbonyl (C=O) groups is 1. The molecule has 0 radical (unpaired) electrons. The van der Waals surface area contributed by atoms with Crippen molar-refractivity contribution in [3.8, 4) is 0 Å².